The van der Waals surface area contributed by atoms with Crippen molar-refractivity contribution in [3.8, 4) is 5.75 Å². The van der Waals surface area contributed by atoms with Crippen LogP contribution in [0.1, 0.15) is 18.4 Å². The van der Waals surface area contributed by atoms with Gasteiger partial charge in [-0.15, -0.1) is 0 Å². The summed E-state index contributed by atoms with van der Waals surface area (Å²) >= 11 is 0. The molecule has 0 radical (unpaired) electrons. The summed E-state index contributed by atoms with van der Waals surface area (Å²) < 4.78 is 18.4. The van der Waals surface area contributed by atoms with Crippen LogP contribution in [0.4, 0.5) is 4.39 Å². The van der Waals surface area contributed by atoms with Crippen LogP contribution in [-0.4, -0.2) is 36.3 Å². The number of nitrogens with zero attached hydrogens (tertiary/aromatic N) is 1. The number of hydrogen-bond acceptors (Lipinski definition) is 3. The largest absolute Gasteiger partial charge is 0.483 e. The lowest BCUT2D eigenvalue weighted by atomic mass is 10.1. The fraction of sp³-hybridized carbons (Fsp3) is 0.429. The zero-order chi connectivity index (χ0) is 13.8. The quantitative estimate of drug-likeness (QED) is 0.835. The minimum atomic E-state index is -0.392. The van der Waals surface area contributed by atoms with Gasteiger partial charge in [-0.2, -0.15) is 0 Å². The Bertz CT molecular complexity index is 491. The van der Waals surface area contributed by atoms with Crippen LogP contribution in [0.25, 0.3) is 0 Å². The van der Waals surface area contributed by atoms with Gasteiger partial charge in [-0.1, -0.05) is 6.07 Å². The molecular weight excluding hydrogens is 249 g/mol. The fourth-order valence-corrected chi connectivity index (χ4v) is 1.97. The minimum absolute atomic E-state index is 0.127. The molecule has 0 aliphatic carbocycles. The number of piperidine rings is 1. The average molecular weight is 265 g/mol. The molecule has 4 nitrogen and oxygen atoms in total. The topological polar surface area (TPSA) is 46.6 Å². The van der Waals surface area contributed by atoms with Crippen molar-refractivity contribution >= 4 is 11.7 Å². The molecule has 0 saturated carbocycles. The highest BCUT2D eigenvalue weighted by Crippen LogP contribution is 2.18. The zero-order valence-electron chi connectivity index (χ0n) is 10.8. The number of halogens is 1. The Hall–Kier alpha value is -1.91. The molecule has 1 fully saturated rings. The highest BCUT2D eigenvalue weighted by atomic mass is 19.1. The Kier molecular flexibility index (Phi) is 4.14. The second kappa shape index (κ2) is 5.82. The molecule has 0 spiro atoms. The number of ketones is 1. The van der Waals surface area contributed by atoms with Crippen LogP contribution in [-0.2, 0) is 9.59 Å². The van der Waals surface area contributed by atoms with Crippen LogP contribution in [0.3, 0.4) is 0 Å². The highest BCUT2D eigenvalue weighted by molar-refractivity contribution is 5.84. The lowest BCUT2D eigenvalue weighted by molar-refractivity contribution is -0.136. The van der Waals surface area contributed by atoms with E-state index in [1.165, 1.54) is 12.1 Å². The van der Waals surface area contributed by atoms with Gasteiger partial charge in [-0.05, 0) is 18.6 Å². The van der Waals surface area contributed by atoms with E-state index in [1.807, 2.05) is 0 Å². The van der Waals surface area contributed by atoms with E-state index in [-0.39, 0.29) is 18.3 Å². The molecule has 0 aromatic heterocycles. The van der Waals surface area contributed by atoms with Gasteiger partial charge in [0.2, 0.25) is 0 Å². The van der Waals surface area contributed by atoms with Crippen LogP contribution in [0, 0.1) is 12.7 Å². The summed E-state index contributed by atoms with van der Waals surface area (Å²) in [5.41, 5.74) is 0.781. The first-order valence-electron chi connectivity index (χ1n) is 6.24. The van der Waals surface area contributed by atoms with Crippen LogP contribution in [0.2, 0.25) is 0 Å². The summed E-state index contributed by atoms with van der Waals surface area (Å²) in [7, 11) is 0. The van der Waals surface area contributed by atoms with Gasteiger partial charge in [0.25, 0.3) is 5.91 Å². The lowest BCUT2D eigenvalue weighted by Crippen LogP contribution is -2.41. The first kappa shape index (κ1) is 13.5. The second-order valence-electron chi connectivity index (χ2n) is 4.62. The van der Waals surface area contributed by atoms with Gasteiger partial charge in [0, 0.05) is 32.0 Å². The molecule has 0 bridgehead atoms. The summed E-state index contributed by atoms with van der Waals surface area (Å²) in [6.07, 6.45) is 0.815. The van der Waals surface area contributed by atoms with Crippen molar-refractivity contribution in [1.29, 1.82) is 0 Å². The van der Waals surface area contributed by atoms with E-state index in [4.69, 9.17) is 4.74 Å². The first-order valence-corrected chi connectivity index (χ1v) is 6.24. The number of likely N-dealkylation sites (tertiary alicyclic amines) is 1. The molecule has 1 aromatic carbocycles. The summed E-state index contributed by atoms with van der Waals surface area (Å²) in [6.45, 7) is 2.56. The summed E-state index contributed by atoms with van der Waals surface area (Å²) in [6, 6.07) is 4.22. The fourth-order valence-electron chi connectivity index (χ4n) is 1.97. The maximum atomic E-state index is 13.1. The number of carbonyl (C=O) groups is 2. The SMILES string of the molecule is Cc1ccc(F)cc1OCC(=O)N1CCC(=O)CC1. The van der Waals surface area contributed by atoms with Crippen molar-refractivity contribution in [3.63, 3.8) is 0 Å². The van der Waals surface area contributed by atoms with Gasteiger partial charge in [0.15, 0.2) is 6.61 Å². The number of benzene rings is 1. The number of aryl methyl sites for hydroxylation is 1. The first-order chi connectivity index (χ1) is 9.06. The molecular formula is C14H16FNO3. The number of hydrogen-bond donors (Lipinski definition) is 0. The van der Waals surface area contributed by atoms with Crippen LogP contribution >= 0.6 is 0 Å². The summed E-state index contributed by atoms with van der Waals surface area (Å²) in [5, 5.41) is 0. The Morgan fingerprint density at radius 3 is 2.74 bits per heavy atom. The maximum absolute atomic E-state index is 13.1. The molecule has 1 aromatic rings. The smallest absolute Gasteiger partial charge is 0.260 e. The molecule has 0 atom stereocenters. The van der Waals surface area contributed by atoms with Gasteiger partial charge >= 0.3 is 0 Å². The Morgan fingerprint density at radius 2 is 2.05 bits per heavy atom. The number of ether oxygens (including phenoxy) is 1. The Balaban J connectivity index is 1.89. The van der Waals surface area contributed by atoms with Gasteiger partial charge in [0.05, 0.1) is 0 Å². The van der Waals surface area contributed by atoms with E-state index in [0.717, 1.165) is 5.56 Å². The molecule has 1 heterocycles. The van der Waals surface area contributed by atoms with E-state index < -0.39 is 5.82 Å². The van der Waals surface area contributed by atoms with Crippen LogP contribution < -0.4 is 4.74 Å². The molecule has 1 amide bonds. The normalized spacial score (nSPS) is 15.5. The molecule has 2 rings (SSSR count). The molecule has 19 heavy (non-hydrogen) atoms. The van der Waals surface area contributed by atoms with E-state index in [9.17, 15) is 14.0 Å². The molecule has 1 saturated heterocycles. The highest BCUT2D eigenvalue weighted by Gasteiger charge is 2.21. The number of carbonyl (C=O) groups excluding carboxylic acids is 2. The van der Waals surface area contributed by atoms with Crippen molar-refractivity contribution in [3.05, 3.63) is 29.6 Å². The van der Waals surface area contributed by atoms with Gasteiger partial charge in [0.1, 0.15) is 17.3 Å². The predicted molar refractivity (Wildman–Crippen MR) is 67.5 cm³/mol. The van der Waals surface area contributed by atoms with Crippen LogP contribution in [0.5, 0.6) is 5.75 Å². The Morgan fingerprint density at radius 1 is 1.37 bits per heavy atom. The predicted octanol–water partition coefficient (Wildman–Crippen LogP) is 1.70. The summed E-state index contributed by atoms with van der Waals surface area (Å²) in [4.78, 5) is 24.6. The van der Waals surface area contributed by atoms with Gasteiger partial charge in [-0.25, -0.2) is 4.39 Å². The lowest BCUT2D eigenvalue weighted by Gasteiger charge is -2.26. The van der Waals surface area contributed by atoms with Crippen molar-refractivity contribution < 1.29 is 18.7 Å². The number of Topliss-reactive ketones (excluding diaryl/α,β-unsaturated/α-hetero) is 1. The van der Waals surface area contributed by atoms with E-state index >= 15 is 0 Å². The molecule has 0 N–H and O–H groups in total. The second-order valence-corrected chi connectivity index (χ2v) is 4.62. The number of rotatable bonds is 3. The van der Waals surface area contributed by atoms with Gasteiger partial charge in [-0.3, -0.25) is 9.59 Å². The number of amides is 1. The molecule has 5 heteroatoms. The van der Waals surface area contributed by atoms with E-state index in [1.54, 1.807) is 17.9 Å². The standard InChI is InChI=1S/C14H16FNO3/c1-10-2-3-11(15)8-13(10)19-9-14(18)16-6-4-12(17)5-7-16/h2-3,8H,4-7,9H2,1H3. The van der Waals surface area contributed by atoms with Crippen molar-refractivity contribution in [2.75, 3.05) is 19.7 Å². The van der Waals surface area contributed by atoms with E-state index in [0.29, 0.717) is 31.7 Å². The molecule has 1 aliphatic heterocycles. The summed E-state index contributed by atoms with van der Waals surface area (Å²) in [5.74, 6) is 0.000147. The van der Waals surface area contributed by atoms with Crippen molar-refractivity contribution in [1.82, 2.24) is 4.90 Å². The zero-order valence-corrected chi connectivity index (χ0v) is 10.8. The molecule has 0 unspecified atom stereocenters. The molecule has 1 aliphatic rings. The minimum Gasteiger partial charge on any atom is -0.483 e. The third kappa shape index (κ3) is 3.53. The van der Waals surface area contributed by atoms with Crippen molar-refractivity contribution in [2.45, 2.75) is 19.8 Å². The third-order valence-corrected chi connectivity index (χ3v) is 3.18. The Labute approximate surface area is 111 Å². The van der Waals surface area contributed by atoms with Crippen LogP contribution in [0.15, 0.2) is 18.2 Å². The average Bonchev–Trinajstić information content (AvgIpc) is 2.40. The van der Waals surface area contributed by atoms with Gasteiger partial charge < -0.3 is 9.64 Å². The third-order valence-electron chi connectivity index (χ3n) is 3.18. The van der Waals surface area contributed by atoms with E-state index in [2.05, 4.69) is 0 Å². The molecule has 102 valence electrons. The van der Waals surface area contributed by atoms with Crippen molar-refractivity contribution in [2.24, 2.45) is 0 Å². The maximum Gasteiger partial charge on any atom is 0.260 e. The monoisotopic (exact) mass is 265 g/mol.